The molecule has 0 bridgehead atoms. The molecule has 2 rings (SSSR count). The van der Waals surface area contributed by atoms with E-state index in [0.717, 1.165) is 21.3 Å². The van der Waals surface area contributed by atoms with Crippen molar-refractivity contribution in [3.05, 3.63) is 63.1 Å². The van der Waals surface area contributed by atoms with Gasteiger partial charge in [0.25, 0.3) is 0 Å². The Balaban J connectivity index is 2.41. The van der Waals surface area contributed by atoms with Gasteiger partial charge in [-0.05, 0) is 58.6 Å². The van der Waals surface area contributed by atoms with Crippen molar-refractivity contribution >= 4 is 27.5 Å². The molecule has 0 aliphatic carbocycles. The lowest BCUT2D eigenvalue weighted by molar-refractivity contribution is 0.412. The quantitative estimate of drug-likeness (QED) is 0.680. The fourth-order valence-corrected chi connectivity index (χ4v) is 2.98. The molecule has 1 unspecified atom stereocenters. The molecule has 1 atom stereocenters. The monoisotopic (exact) mass is 338 g/mol. The van der Waals surface area contributed by atoms with E-state index in [2.05, 4.69) is 48.0 Å². The van der Waals surface area contributed by atoms with Gasteiger partial charge in [0.2, 0.25) is 0 Å². The van der Waals surface area contributed by atoms with Crippen molar-refractivity contribution in [2.45, 2.75) is 19.2 Å². The number of alkyl halides is 1. The molecular weight excluding hydrogens is 324 g/mol. The Labute approximate surface area is 127 Å². The highest BCUT2D eigenvalue weighted by molar-refractivity contribution is 9.10. The van der Waals surface area contributed by atoms with Crippen molar-refractivity contribution < 1.29 is 4.74 Å². The number of hydrogen-bond donors (Lipinski definition) is 0. The summed E-state index contributed by atoms with van der Waals surface area (Å²) in [6.45, 7) is 4.17. The number of ether oxygens (including phenoxy) is 1. The molecule has 0 fully saturated rings. The summed E-state index contributed by atoms with van der Waals surface area (Å²) in [4.78, 5) is 0. The average Bonchev–Trinajstić information content (AvgIpc) is 2.40. The SMILES string of the molecule is COc1ccc(C(Cl)c2cc(C)ccc2C)cc1Br. The molecule has 100 valence electrons. The molecule has 0 radical (unpaired) electrons. The predicted octanol–water partition coefficient (Wildman–Crippen LogP) is 5.40. The van der Waals surface area contributed by atoms with Gasteiger partial charge in [-0.2, -0.15) is 0 Å². The molecule has 1 nitrogen and oxygen atoms in total. The van der Waals surface area contributed by atoms with E-state index in [1.54, 1.807) is 7.11 Å². The van der Waals surface area contributed by atoms with Gasteiger partial charge in [-0.15, -0.1) is 11.6 Å². The minimum Gasteiger partial charge on any atom is -0.496 e. The molecule has 0 N–H and O–H groups in total. The minimum absolute atomic E-state index is 0.151. The summed E-state index contributed by atoms with van der Waals surface area (Å²) in [6.07, 6.45) is 0. The van der Waals surface area contributed by atoms with Crippen LogP contribution in [0.5, 0.6) is 5.75 Å². The number of aryl methyl sites for hydroxylation is 2. The Kier molecular flexibility index (Phi) is 4.54. The van der Waals surface area contributed by atoms with Crippen LogP contribution in [-0.4, -0.2) is 7.11 Å². The van der Waals surface area contributed by atoms with Crippen molar-refractivity contribution in [1.82, 2.24) is 0 Å². The first-order chi connectivity index (χ1) is 9.02. The molecule has 0 aromatic heterocycles. The van der Waals surface area contributed by atoms with E-state index in [4.69, 9.17) is 16.3 Å². The van der Waals surface area contributed by atoms with Gasteiger partial charge in [0.05, 0.1) is 17.0 Å². The topological polar surface area (TPSA) is 9.23 Å². The van der Waals surface area contributed by atoms with Gasteiger partial charge in [-0.25, -0.2) is 0 Å². The highest BCUT2D eigenvalue weighted by Gasteiger charge is 2.15. The van der Waals surface area contributed by atoms with Crippen LogP contribution >= 0.6 is 27.5 Å². The molecule has 2 aromatic rings. The highest BCUT2D eigenvalue weighted by Crippen LogP contribution is 2.35. The summed E-state index contributed by atoms with van der Waals surface area (Å²) in [5.74, 6) is 0.814. The van der Waals surface area contributed by atoms with Gasteiger partial charge >= 0.3 is 0 Å². The third kappa shape index (κ3) is 3.13. The molecular formula is C16H16BrClO. The molecule has 0 aliphatic rings. The molecule has 2 aromatic carbocycles. The number of benzene rings is 2. The van der Waals surface area contributed by atoms with Crippen LogP contribution < -0.4 is 4.74 Å². The summed E-state index contributed by atoms with van der Waals surface area (Å²) < 4.78 is 6.16. The van der Waals surface area contributed by atoms with E-state index in [-0.39, 0.29) is 5.38 Å². The third-order valence-electron chi connectivity index (χ3n) is 3.18. The van der Waals surface area contributed by atoms with Gasteiger partial charge in [0.15, 0.2) is 0 Å². The second-order valence-electron chi connectivity index (χ2n) is 4.62. The summed E-state index contributed by atoms with van der Waals surface area (Å²) in [7, 11) is 1.66. The predicted molar refractivity (Wildman–Crippen MR) is 84.3 cm³/mol. The fraction of sp³-hybridized carbons (Fsp3) is 0.250. The lowest BCUT2D eigenvalue weighted by atomic mass is 9.98. The lowest BCUT2D eigenvalue weighted by Gasteiger charge is -2.15. The largest absolute Gasteiger partial charge is 0.496 e. The van der Waals surface area contributed by atoms with E-state index >= 15 is 0 Å². The zero-order valence-corrected chi connectivity index (χ0v) is 13.5. The van der Waals surface area contributed by atoms with E-state index in [1.165, 1.54) is 11.1 Å². The first-order valence-electron chi connectivity index (χ1n) is 6.07. The van der Waals surface area contributed by atoms with Gasteiger partial charge in [0.1, 0.15) is 5.75 Å². The molecule has 0 aliphatic heterocycles. The molecule has 0 saturated carbocycles. The van der Waals surface area contributed by atoms with Crippen LogP contribution in [0.4, 0.5) is 0 Å². The maximum Gasteiger partial charge on any atom is 0.133 e. The van der Waals surface area contributed by atoms with Crippen molar-refractivity contribution in [3.8, 4) is 5.75 Å². The Hall–Kier alpha value is -0.990. The highest BCUT2D eigenvalue weighted by atomic mass is 79.9. The Bertz CT molecular complexity index is 595. The first kappa shape index (κ1) is 14.4. The Morgan fingerprint density at radius 3 is 2.47 bits per heavy atom. The maximum atomic E-state index is 6.61. The summed E-state index contributed by atoms with van der Waals surface area (Å²) >= 11 is 10.1. The molecule has 19 heavy (non-hydrogen) atoms. The van der Waals surface area contributed by atoms with Crippen LogP contribution in [-0.2, 0) is 0 Å². The standard InChI is InChI=1S/C16H16BrClO/c1-10-4-5-11(2)13(8-10)16(18)12-6-7-15(19-3)14(17)9-12/h4-9,16H,1-3H3. The molecule has 0 spiro atoms. The minimum atomic E-state index is -0.151. The first-order valence-corrected chi connectivity index (χ1v) is 7.30. The van der Waals surface area contributed by atoms with Crippen molar-refractivity contribution in [3.63, 3.8) is 0 Å². The third-order valence-corrected chi connectivity index (χ3v) is 4.28. The number of hydrogen-bond acceptors (Lipinski definition) is 1. The van der Waals surface area contributed by atoms with E-state index in [1.807, 2.05) is 18.2 Å². The van der Waals surface area contributed by atoms with Crippen LogP contribution in [0.3, 0.4) is 0 Å². The summed E-state index contributed by atoms with van der Waals surface area (Å²) in [5.41, 5.74) is 4.64. The molecule has 3 heteroatoms. The van der Waals surface area contributed by atoms with Crippen LogP contribution in [0.2, 0.25) is 0 Å². The maximum absolute atomic E-state index is 6.61. The second kappa shape index (κ2) is 5.98. The number of methoxy groups -OCH3 is 1. The molecule has 0 heterocycles. The van der Waals surface area contributed by atoms with Gasteiger partial charge in [-0.1, -0.05) is 29.8 Å². The van der Waals surface area contributed by atoms with Crippen LogP contribution in [0.1, 0.15) is 27.6 Å². The van der Waals surface area contributed by atoms with E-state index < -0.39 is 0 Å². The van der Waals surface area contributed by atoms with Crippen molar-refractivity contribution in [2.24, 2.45) is 0 Å². The Morgan fingerprint density at radius 1 is 1.11 bits per heavy atom. The Morgan fingerprint density at radius 2 is 1.84 bits per heavy atom. The number of rotatable bonds is 3. The smallest absolute Gasteiger partial charge is 0.133 e. The lowest BCUT2D eigenvalue weighted by Crippen LogP contribution is -1.98. The van der Waals surface area contributed by atoms with Gasteiger partial charge in [-0.3, -0.25) is 0 Å². The van der Waals surface area contributed by atoms with Gasteiger partial charge < -0.3 is 4.74 Å². The molecule has 0 saturated heterocycles. The fourth-order valence-electron chi connectivity index (χ4n) is 2.05. The summed E-state index contributed by atoms with van der Waals surface area (Å²) in [6, 6.07) is 12.3. The van der Waals surface area contributed by atoms with Crippen LogP contribution in [0.25, 0.3) is 0 Å². The van der Waals surface area contributed by atoms with Crippen molar-refractivity contribution in [1.29, 1.82) is 0 Å². The number of halogens is 2. The van der Waals surface area contributed by atoms with Crippen molar-refractivity contribution in [2.75, 3.05) is 7.11 Å². The van der Waals surface area contributed by atoms with E-state index in [9.17, 15) is 0 Å². The zero-order valence-electron chi connectivity index (χ0n) is 11.2. The molecule has 0 amide bonds. The van der Waals surface area contributed by atoms with Crippen LogP contribution in [0, 0.1) is 13.8 Å². The van der Waals surface area contributed by atoms with E-state index in [0.29, 0.717) is 0 Å². The van der Waals surface area contributed by atoms with Crippen LogP contribution in [0.15, 0.2) is 40.9 Å². The zero-order chi connectivity index (χ0) is 14.0. The van der Waals surface area contributed by atoms with Gasteiger partial charge in [0, 0.05) is 0 Å². The normalized spacial score (nSPS) is 12.3. The second-order valence-corrected chi connectivity index (χ2v) is 5.91. The average molecular weight is 340 g/mol. The summed E-state index contributed by atoms with van der Waals surface area (Å²) in [5, 5.41) is -0.151.